The first-order chi connectivity index (χ1) is 10.7. The summed E-state index contributed by atoms with van der Waals surface area (Å²) in [4.78, 5) is 33.9. The van der Waals surface area contributed by atoms with Crippen molar-refractivity contribution in [1.82, 2.24) is 10.6 Å². The molecule has 0 aliphatic heterocycles. The maximum absolute atomic E-state index is 12.9. The number of hydrogen-bond acceptors (Lipinski definition) is 4. The molecule has 0 aromatic heterocycles. The van der Waals surface area contributed by atoms with Crippen molar-refractivity contribution in [3.63, 3.8) is 0 Å². The Morgan fingerprint density at radius 1 is 1.09 bits per heavy atom. The van der Waals surface area contributed by atoms with Gasteiger partial charge in [-0.3, -0.25) is 14.4 Å². The maximum Gasteiger partial charge on any atom is 0.392 e. The van der Waals surface area contributed by atoms with Gasteiger partial charge >= 0.3 is 12.1 Å². The number of nitrogens with one attached hydrogen (secondary N) is 2. The predicted molar refractivity (Wildman–Crippen MR) is 74.2 cm³/mol. The van der Waals surface area contributed by atoms with Gasteiger partial charge in [-0.05, 0) is 12.8 Å². The first-order valence-electron chi connectivity index (χ1n) is 7.46. The zero-order chi connectivity index (χ0) is 17.5. The van der Waals surface area contributed by atoms with Gasteiger partial charge in [-0.25, -0.2) is 0 Å². The molecule has 0 radical (unpaired) electrons. The Labute approximate surface area is 132 Å². The molecule has 23 heavy (non-hydrogen) atoms. The van der Waals surface area contributed by atoms with E-state index in [1.54, 1.807) is 0 Å². The standard InChI is InChI=1S/C14H21F3N2O4/c1-9(20)18-6-7-19-12(21)8-23-13(22)10-4-2-3-5-11(10)14(15,16)17/h10-11H,2-8H2,1H3,(H,18,20)(H,19,21)/t10-,11+/m1/s1. The van der Waals surface area contributed by atoms with Gasteiger partial charge in [0.2, 0.25) is 5.91 Å². The summed E-state index contributed by atoms with van der Waals surface area (Å²) in [6.45, 7) is 1.06. The molecule has 0 unspecified atom stereocenters. The van der Waals surface area contributed by atoms with Crippen molar-refractivity contribution >= 4 is 17.8 Å². The van der Waals surface area contributed by atoms with Gasteiger partial charge in [-0.2, -0.15) is 13.2 Å². The van der Waals surface area contributed by atoms with Gasteiger partial charge in [-0.15, -0.1) is 0 Å². The monoisotopic (exact) mass is 338 g/mol. The lowest BCUT2D eigenvalue weighted by Crippen LogP contribution is -2.40. The van der Waals surface area contributed by atoms with E-state index in [9.17, 15) is 27.6 Å². The maximum atomic E-state index is 12.9. The molecule has 0 bridgehead atoms. The summed E-state index contributed by atoms with van der Waals surface area (Å²) in [5, 5.41) is 4.84. The summed E-state index contributed by atoms with van der Waals surface area (Å²) in [5.41, 5.74) is 0. The van der Waals surface area contributed by atoms with Crippen LogP contribution in [0.15, 0.2) is 0 Å². The lowest BCUT2D eigenvalue weighted by Gasteiger charge is -2.31. The second kappa shape index (κ2) is 8.73. The number of rotatable bonds is 6. The molecule has 1 rings (SSSR count). The molecule has 0 spiro atoms. The van der Waals surface area contributed by atoms with Gasteiger partial charge < -0.3 is 15.4 Å². The molecule has 6 nitrogen and oxygen atoms in total. The van der Waals surface area contributed by atoms with E-state index >= 15 is 0 Å². The molecule has 2 atom stereocenters. The van der Waals surface area contributed by atoms with Crippen molar-refractivity contribution in [1.29, 1.82) is 0 Å². The molecule has 0 saturated heterocycles. The summed E-state index contributed by atoms with van der Waals surface area (Å²) in [6.07, 6.45) is -3.45. The third kappa shape index (κ3) is 6.87. The summed E-state index contributed by atoms with van der Waals surface area (Å²) >= 11 is 0. The topological polar surface area (TPSA) is 84.5 Å². The Bertz CT molecular complexity index is 440. The van der Waals surface area contributed by atoms with E-state index in [1.165, 1.54) is 6.92 Å². The SMILES string of the molecule is CC(=O)NCCNC(=O)COC(=O)[C@@H]1CCCC[C@@H]1C(F)(F)F. The lowest BCUT2D eigenvalue weighted by molar-refractivity contribution is -0.205. The first kappa shape index (κ1) is 19.2. The quantitative estimate of drug-likeness (QED) is 0.562. The molecule has 2 N–H and O–H groups in total. The van der Waals surface area contributed by atoms with Crippen molar-refractivity contribution in [2.24, 2.45) is 11.8 Å². The van der Waals surface area contributed by atoms with Gasteiger partial charge in [0.25, 0.3) is 5.91 Å². The van der Waals surface area contributed by atoms with Crippen LogP contribution < -0.4 is 10.6 Å². The Hall–Kier alpha value is -1.80. The van der Waals surface area contributed by atoms with Crippen molar-refractivity contribution in [3.05, 3.63) is 0 Å². The van der Waals surface area contributed by atoms with E-state index in [4.69, 9.17) is 4.74 Å². The van der Waals surface area contributed by atoms with Gasteiger partial charge in [0, 0.05) is 20.0 Å². The predicted octanol–water partition coefficient (Wildman–Crippen LogP) is 1.15. The molecule has 2 amide bonds. The van der Waals surface area contributed by atoms with Crippen LogP contribution in [-0.4, -0.2) is 43.7 Å². The minimum atomic E-state index is -4.44. The van der Waals surface area contributed by atoms with Crippen LogP contribution in [0.5, 0.6) is 0 Å². The van der Waals surface area contributed by atoms with E-state index in [0.29, 0.717) is 12.8 Å². The lowest BCUT2D eigenvalue weighted by atomic mass is 9.79. The second-order valence-electron chi connectivity index (χ2n) is 5.48. The Morgan fingerprint density at radius 3 is 2.30 bits per heavy atom. The summed E-state index contributed by atoms with van der Waals surface area (Å²) < 4.78 is 43.4. The Balaban J connectivity index is 2.36. The van der Waals surface area contributed by atoms with Crippen molar-refractivity contribution in [2.45, 2.75) is 38.8 Å². The molecule has 1 aliphatic rings. The molecular formula is C14H21F3N2O4. The van der Waals surface area contributed by atoms with Crippen molar-refractivity contribution in [3.8, 4) is 0 Å². The van der Waals surface area contributed by atoms with E-state index < -0.39 is 36.5 Å². The minimum Gasteiger partial charge on any atom is -0.455 e. The molecule has 0 heterocycles. The highest BCUT2D eigenvalue weighted by Crippen LogP contribution is 2.41. The second-order valence-corrected chi connectivity index (χ2v) is 5.48. The zero-order valence-corrected chi connectivity index (χ0v) is 12.9. The highest BCUT2D eigenvalue weighted by Gasteiger charge is 2.48. The largest absolute Gasteiger partial charge is 0.455 e. The molecule has 1 saturated carbocycles. The van der Waals surface area contributed by atoms with Crippen molar-refractivity contribution < 1.29 is 32.3 Å². The number of ether oxygens (including phenoxy) is 1. The molecule has 0 aromatic carbocycles. The number of carbonyl (C=O) groups is 3. The van der Waals surface area contributed by atoms with Crippen LogP contribution in [0, 0.1) is 11.8 Å². The molecule has 132 valence electrons. The first-order valence-corrected chi connectivity index (χ1v) is 7.46. The summed E-state index contributed by atoms with van der Waals surface area (Å²) in [5.74, 6) is -4.80. The molecule has 1 aliphatic carbocycles. The molecule has 1 fully saturated rings. The fourth-order valence-electron chi connectivity index (χ4n) is 2.54. The van der Waals surface area contributed by atoms with Gasteiger partial charge in [0.05, 0.1) is 11.8 Å². The normalized spacial score (nSPS) is 21.4. The van der Waals surface area contributed by atoms with Gasteiger partial charge in [0.1, 0.15) is 0 Å². The van der Waals surface area contributed by atoms with Crippen LogP contribution >= 0.6 is 0 Å². The Morgan fingerprint density at radius 2 is 1.70 bits per heavy atom. The van der Waals surface area contributed by atoms with Crippen LogP contribution in [0.3, 0.4) is 0 Å². The van der Waals surface area contributed by atoms with E-state index in [-0.39, 0.29) is 31.8 Å². The smallest absolute Gasteiger partial charge is 0.392 e. The third-order valence-electron chi connectivity index (χ3n) is 3.66. The number of amides is 2. The van der Waals surface area contributed by atoms with Crippen LogP contribution in [-0.2, 0) is 19.1 Å². The van der Waals surface area contributed by atoms with Crippen molar-refractivity contribution in [2.75, 3.05) is 19.7 Å². The minimum absolute atomic E-state index is 0.0911. The van der Waals surface area contributed by atoms with Crippen LogP contribution in [0.25, 0.3) is 0 Å². The molecule has 9 heteroatoms. The van der Waals surface area contributed by atoms with Gasteiger partial charge in [-0.1, -0.05) is 12.8 Å². The average molecular weight is 338 g/mol. The molecular weight excluding hydrogens is 317 g/mol. The zero-order valence-electron chi connectivity index (χ0n) is 12.9. The van der Waals surface area contributed by atoms with Crippen LogP contribution in [0.2, 0.25) is 0 Å². The summed E-state index contributed by atoms with van der Waals surface area (Å²) in [7, 11) is 0. The Kier molecular flexibility index (Phi) is 7.31. The number of alkyl halides is 3. The van der Waals surface area contributed by atoms with E-state index in [1.807, 2.05) is 0 Å². The summed E-state index contributed by atoms with van der Waals surface area (Å²) in [6, 6.07) is 0. The number of halogens is 3. The average Bonchev–Trinajstić information content (AvgIpc) is 2.48. The highest BCUT2D eigenvalue weighted by molar-refractivity contribution is 5.81. The molecule has 0 aromatic rings. The van der Waals surface area contributed by atoms with Crippen LogP contribution in [0.4, 0.5) is 13.2 Å². The number of carbonyl (C=O) groups excluding carboxylic acids is 3. The fourth-order valence-corrected chi connectivity index (χ4v) is 2.54. The van der Waals surface area contributed by atoms with E-state index in [2.05, 4.69) is 10.6 Å². The van der Waals surface area contributed by atoms with Gasteiger partial charge in [0.15, 0.2) is 6.61 Å². The number of hydrogen-bond donors (Lipinski definition) is 2. The fraction of sp³-hybridized carbons (Fsp3) is 0.786. The van der Waals surface area contributed by atoms with E-state index in [0.717, 1.165) is 0 Å². The highest BCUT2D eigenvalue weighted by atomic mass is 19.4. The number of esters is 1. The third-order valence-corrected chi connectivity index (χ3v) is 3.66. The van der Waals surface area contributed by atoms with Crippen LogP contribution in [0.1, 0.15) is 32.6 Å².